The lowest BCUT2D eigenvalue weighted by atomic mass is 10.0. The van der Waals surface area contributed by atoms with Crippen molar-refractivity contribution in [3.8, 4) is 0 Å². The van der Waals surface area contributed by atoms with Crippen molar-refractivity contribution in [1.29, 1.82) is 0 Å². The standard InChI is InChI=1S/C23H26N2S/c1-6-7-23(22-10-8-17(2)9-11-22)25-19(4)21-14-12-20(13-15-21)18(3)16-26-24-5/h7-16H,5-6H2,1-4H3/b18-16+,23-7-,25-19?. The Balaban J connectivity index is 2.27. The Kier molecular flexibility index (Phi) is 7.61. The van der Waals surface area contributed by atoms with Crippen LogP contribution >= 0.6 is 11.9 Å². The van der Waals surface area contributed by atoms with Gasteiger partial charge in [0.15, 0.2) is 0 Å². The first-order chi connectivity index (χ1) is 12.5. The molecule has 0 aliphatic heterocycles. The number of hydrogen-bond donors (Lipinski definition) is 0. The van der Waals surface area contributed by atoms with Crippen molar-refractivity contribution in [2.75, 3.05) is 0 Å². The van der Waals surface area contributed by atoms with Crippen LogP contribution in [-0.4, -0.2) is 12.4 Å². The lowest BCUT2D eigenvalue weighted by Gasteiger charge is -2.08. The van der Waals surface area contributed by atoms with Crippen molar-refractivity contribution in [2.24, 2.45) is 9.39 Å². The smallest absolute Gasteiger partial charge is 0.0665 e. The van der Waals surface area contributed by atoms with Gasteiger partial charge >= 0.3 is 0 Å². The Morgan fingerprint density at radius 2 is 1.54 bits per heavy atom. The van der Waals surface area contributed by atoms with E-state index in [9.17, 15) is 0 Å². The van der Waals surface area contributed by atoms with Crippen molar-refractivity contribution in [3.63, 3.8) is 0 Å². The quantitative estimate of drug-likeness (QED) is 0.386. The maximum atomic E-state index is 4.90. The molecule has 0 bridgehead atoms. The van der Waals surface area contributed by atoms with E-state index in [2.05, 4.69) is 93.4 Å². The minimum atomic E-state index is 0.956. The Bertz CT molecular complexity index is 826. The molecule has 2 aromatic carbocycles. The van der Waals surface area contributed by atoms with Gasteiger partial charge in [0.25, 0.3) is 0 Å². The maximum absolute atomic E-state index is 4.90. The van der Waals surface area contributed by atoms with Crippen molar-refractivity contribution < 1.29 is 0 Å². The average molecular weight is 363 g/mol. The molecular formula is C23H26N2S. The molecule has 0 radical (unpaired) electrons. The molecule has 0 saturated heterocycles. The molecule has 0 saturated carbocycles. The predicted octanol–water partition coefficient (Wildman–Crippen LogP) is 6.96. The molecule has 0 aromatic heterocycles. The molecule has 134 valence electrons. The number of benzene rings is 2. The van der Waals surface area contributed by atoms with E-state index in [1.165, 1.54) is 28.6 Å². The number of rotatable bonds is 7. The van der Waals surface area contributed by atoms with Crippen LogP contribution in [0.1, 0.15) is 49.4 Å². The SMILES string of the molecule is C=NS/C=C(\C)c1ccc(C(C)=N/C(=C\CC)c2ccc(C)cc2)cc1. The van der Waals surface area contributed by atoms with Crippen LogP contribution in [0.25, 0.3) is 11.3 Å². The molecular weight excluding hydrogens is 336 g/mol. The molecule has 0 fully saturated rings. The van der Waals surface area contributed by atoms with Gasteiger partial charge in [-0.05, 0) is 61.6 Å². The van der Waals surface area contributed by atoms with E-state index in [-0.39, 0.29) is 0 Å². The van der Waals surface area contributed by atoms with Crippen LogP contribution in [0.15, 0.2) is 69.4 Å². The number of nitrogens with zero attached hydrogens (tertiary/aromatic N) is 2. The summed E-state index contributed by atoms with van der Waals surface area (Å²) in [5.41, 5.74) is 7.94. The van der Waals surface area contributed by atoms with E-state index in [1.54, 1.807) is 0 Å². The highest BCUT2D eigenvalue weighted by Crippen LogP contribution is 2.21. The molecule has 0 amide bonds. The van der Waals surface area contributed by atoms with Crippen molar-refractivity contribution >= 4 is 35.6 Å². The van der Waals surface area contributed by atoms with Crippen LogP contribution < -0.4 is 0 Å². The van der Waals surface area contributed by atoms with Gasteiger partial charge in [-0.1, -0.05) is 67.1 Å². The van der Waals surface area contributed by atoms with Crippen LogP contribution in [0.5, 0.6) is 0 Å². The summed E-state index contributed by atoms with van der Waals surface area (Å²) in [6.07, 6.45) is 3.13. The maximum Gasteiger partial charge on any atom is 0.0665 e. The Labute approximate surface area is 161 Å². The van der Waals surface area contributed by atoms with Gasteiger partial charge in [-0.25, -0.2) is 4.40 Å². The van der Waals surface area contributed by atoms with Crippen LogP contribution in [-0.2, 0) is 0 Å². The van der Waals surface area contributed by atoms with E-state index < -0.39 is 0 Å². The average Bonchev–Trinajstić information content (AvgIpc) is 2.66. The van der Waals surface area contributed by atoms with E-state index in [4.69, 9.17) is 4.99 Å². The summed E-state index contributed by atoms with van der Waals surface area (Å²) in [5, 5.41) is 2.00. The van der Waals surface area contributed by atoms with Gasteiger partial charge in [-0.3, -0.25) is 4.99 Å². The summed E-state index contributed by atoms with van der Waals surface area (Å²) in [6, 6.07) is 17.0. The second-order valence-corrected chi connectivity index (χ2v) is 6.88. The summed E-state index contributed by atoms with van der Waals surface area (Å²) < 4.78 is 3.80. The molecule has 2 nitrogen and oxygen atoms in total. The molecule has 0 spiro atoms. The third-order valence-electron chi connectivity index (χ3n) is 4.09. The minimum Gasteiger partial charge on any atom is -0.253 e. The van der Waals surface area contributed by atoms with E-state index in [0.29, 0.717) is 0 Å². The molecule has 2 rings (SSSR count). The summed E-state index contributed by atoms with van der Waals surface area (Å²) in [7, 11) is 0. The summed E-state index contributed by atoms with van der Waals surface area (Å²) in [5.74, 6) is 0. The first-order valence-electron chi connectivity index (χ1n) is 8.77. The molecule has 0 unspecified atom stereocenters. The lowest BCUT2D eigenvalue weighted by Crippen LogP contribution is -1.96. The highest BCUT2D eigenvalue weighted by atomic mass is 32.2. The molecule has 0 aliphatic rings. The highest BCUT2D eigenvalue weighted by molar-refractivity contribution is 8.01. The number of aryl methyl sites for hydroxylation is 1. The van der Waals surface area contributed by atoms with E-state index in [0.717, 1.165) is 29.0 Å². The fraction of sp³-hybridized carbons (Fsp3) is 0.217. The molecule has 0 aliphatic carbocycles. The van der Waals surface area contributed by atoms with Gasteiger partial charge in [0.05, 0.1) is 5.70 Å². The van der Waals surface area contributed by atoms with Crippen LogP contribution in [0, 0.1) is 6.92 Å². The van der Waals surface area contributed by atoms with Gasteiger partial charge in [0.1, 0.15) is 0 Å². The van der Waals surface area contributed by atoms with E-state index in [1.807, 2.05) is 5.41 Å². The third-order valence-corrected chi connectivity index (χ3v) is 4.70. The number of hydrogen-bond acceptors (Lipinski definition) is 3. The van der Waals surface area contributed by atoms with Gasteiger partial charge in [0, 0.05) is 17.7 Å². The summed E-state index contributed by atoms with van der Waals surface area (Å²) in [4.78, 5) is 4.90. The van der Waals surface area contributed by atoms with Gasteiger partial charge in [0.2, 0.25) is 0 Å². The topological polar surface area (TPSA) is 24.7 Å². The fourth-order valence-electron chi connectivity index (χ4n) is 2.55. The Morgan fingerprint density at radius 1 is 0.962 bits per heavy atom. The van der Waals surface area contributed by atoms with Crippen molar-refractivity contribution in [1.82, 2.24) is 0 Å². The molecule has 0 atom stereocenters. The largest absolute Gasteiger partial charge is 0.253 e. The predicted molar refractivity (Wildman–Crippen MR) is 119 cm³/mol. The monoisotopic (exact) mass is 362 g/mol. The summed E-state index contributed by atoms with van der Waals surface area (Å²) in [6.45, 7) is 11.9. The summed E-state index contributed by atoms with van der Waals surface area (Å²) >= 11 is 1.35. The second kappa shape index (κ2) is 9.93. The van der Waals surface area contributed by atoms with Crippen LogP contribution in [0.3, 0.4) is 0 Å². The zero-order chi connectivity index (χ0) is 18.9. The first-order valence-corrected chi connectivity index (χ1v) is 9.60. The van der Waals surface area contributed by atoms with Crippen molar-refractivity contribution in [3.05, 3.63) is 82.3 Å². The minimum absolute atomic E-state index is 0.956. The van der Waals surface area contributed by atoms with Crippen LogP contribution in [0.4, 0.5) is 0 Å². The normalized spacial score (nSPS) is 13.0. The third kappa shape index (κ3) is 5.57. The lowest BCUT2D eigenvalue weighted by molar-refractivity contribution is 1.21. The Hall–Kier alpha value is -2.39. The first kappa shape index (κ1) is 19.9. The molecule has 3 heteroatoms. The zero-order valence-electron chi connectivity index (χ0n) is 16.0. The van der Waals surface area contributed by atoms with Crippen LogP contribution in [0.2, 0.25) is 0 Å². The molecule has 26 heavy (non-hydrogen) atoms. The number of allylic oxidation sites excluding steroid dienone is 2. The Morgan fingerprint density at radius 3 is 2.12 bits per heavy atom. The molecule has 0 heterocycles. The molecule has 0 N–H and O–H groups in total. The van der Waals surface area contributed by atoms with Gasteiger partial charge in [-0.2, -0.15) is 0 Å². The number of aliphatic imine (C=N–C) groups is 1. The van der Waals surface area contributed by atoms with E-state index >= 15 is 0 Å². The van der Waals surface area contributed by atoms with Crippen molar-refractivity contribution in [2.45, 2.75) is 34.1 Å². The van der Waals surface area contributed by atoms with Gasteiger partial charge in [-0.15, -0.1) is 0 Å². The molecule has 2 aromatic rings. The second-order valence-electron chi connectivity index (χ2n) is 6.17. The van der Waals surface area contributed by atoms with Gasteiger partial charge < -0.3 is 0 Å². The highest BCUT2D eigenvalue weighted by Gasteiger charge is 2.04. The fourth-order valence-corrected chi connectivity index (χ4v) is 2.92. The zero-order valence-corrected chi connectivity index (χ0v) is 16.8.